The summed E-state index contributed by atoms with van der Waals surface area (Å²) in [6.45, 7) is 12.7. The highest BCUT2D eigenvalue weighted by atomic mass is 16.9. The van der Waals surface area contributed by atoms with Gasteiger partial charge in [-0.25, -0.2) is 0 Å². The van der Waals surface area contributed by atoms with Gasteiger partial charge in [0.15, 0.2) is 17.9 Å². The third-order valence-corrected chi connectivity index (χ3v) is 7.00. The standard InChI is InChI=1S/C28H52O7/c1-6-7-8-9-10-11-12-13-14-15-18-29-19-16-17-20-30-21-22-23-24(33-27(2,3)32-23)25-26(31-22)35-28(4,5)34-25/h22-26H,6-21H2,1-5H3/t22-,23+,24+,25-,26-/m1/s1. The lowest BCUT2D eigenvalue weighted by atomic mass is 9.99. The van der Waals surface area contributed by atoms with Crippen LogP contribution in [0.1, 0.15) is 112 Å². The molecule has 5 atom stereocenters. The lowest BCUT2D eigenvalue weighted by molar-refractivity contribution is -0.243. The predicted molar refractivity (Wildman–Crippen MR) is 135 cm³/mol. The average molecular weight is 501 g/mol. The minimum Gasteiger partial charge on any atom is -0.381 e. The van der Waals surface area contributed by atoms with Crippen LogP contribution >= 0.6 is 0 Å². The summed E-state index contributed by atoms with van der Waals surface area (Å²) in [6, 6.07) is 0. The Balaban J connectivity index is 1.18. The van der Waals surface area contributed by atoms with Crippen LogP contribution in [0.15, 0.2) is 0 Å². The summed E-state index contributed by atoms with van der Waals surface area (Å²) in [4.78, 5) is 0. The number of fused-ring (bicyclic) bond motifs is 3. The summed E-state index contributed by atoms with van der Waals surface area (Å²) in [7, 11) is 0. The predicted octanol–water partition coefficient (Wildman–Crippen LogP) is 6.12. The topological polar surface area (TPSA) is 64.6 Å². The number of hydrogen-bond acceptors (Lipinski definition) is 7. The molecule has 0 saturated carbocycles. The second kappa shape index (κ2) is 14.6. The van der Waals surface area contributed by atoms with Gasteiger partial charge in [0.2, 0.25) is 0 Å². The Labute approximate surface area is 213 Å². The Kier molecular flexibility index (Phi) is 12.2. The quantitative estimate of drug-likeness (QED) is 0.210. The molecule has 3 rings (SSSR count). The fourth-order valence-corrected chi connectivity index (χ4v) is 5.23. The molecule has 206 valence electrons. The Bertz CT molecular complexity index is 582. The molecule has 0 spiro atoms. The SMILES string of the molecule is CCCCCCCCCCCCOCCCCOC[C@H]1O[C@@H]2OC(C)(C)O[C@@H]2[C@H]2OC(C)(C)O[C@H]21. The number of hydrogen-bond donors (Lipinski definition) is 0. The van der Waals surface area contributed by atoms with Gasteiger partial charge in [0, 0.05) is 19.8 Å². The van der Waals surface area contributed by atoms with Gasteiger partial charge in [-0.1, -0.05) is 64.7 Å². The molecule has 0 unspecified atom stereocenters. The van der Waals surface area contributed by atoms with E-state index >= 15 is 0 Å². The Morgan fingerprint density at radius 3 is 1.69 bits per heavy atom. The van der Waals surface area contributed by atoms with Crippen LogP contribution in [0.3, 0.4) is 0 Å². The maximum absolute atomic E-state index is 6.18. The Hall–Kier alpha value is -0.280. The van der Waals surface area contributed by atoms with Gasteiger partial charge in [-0.2, -0.15) is 0 Å². The van der Waals surface area contributed by atoms with Crippen molar-refractivity contribution >= 4 is 0 Å². The van der Waals surface area contributed by atoms with Crippen molar-refractivity contribution in [1.29, 1.82) is 0 Å². The molecule has 0 bridgehead atoms. The van der Waals surface area contributed by atoms with E-state index in [1.807, 2.05) is 27.7 Å². The van der Waals surface area contributed by atoms with Crippen molar-refractivity contribution in [3.05, 3.63) is 0 Å². The molecule has 3 heterocycles. The van der Waals surface area contributed by atoms with Crippen molar-refractivity contribution in [3.63, 3.8) is 0 Å². The van der Waals surface area contributed by atoms with Crippen molar-refractivity contribution in [3.8, 4) is 0 Å². The minimum absolute atomic E-state index is 0.224. The Morgan fingerprint density at radius 2 is 1.03 bits per heavy atom. The zero-order valence-electron chi connectivity index (χ0n) is 23.1. The number of rotatable bonds is 18. The molecule has 7 nitrogen and oxygen atoms in total. The van der Waals surface area contributed by atoms with E-state index in [0.717, 1.165) is 26.1 Å². The van der Waals surface area contributed by atoms with Crippen LogP contribution in [0.4, 0.5) is 0 Å². The third kappa shape index (κ3) is 9.84. The molecule has 0 aliphatic carbocycles. The van der Waals surface area contributed by atoms with Crippen molar-refractivity contribution < 1.29 is 33.2 Å². The van der Waals surface area contributed by atoms with Crippen LogP contribution in [0.25, 0.3) is 0 Å². The lowest BCUT2D eigenvalue weighted by Crippen LogP contribution is -2.56. The van der Waals surface area contributed by atoms with Crippen molar-refractivity contribution in [2.45, 2.75) is 154 Å². The molecule has 0 radical (unpaired) electrons. The highest BCUT2D eigenvalue weighted by Crippen LogP contribution is 2.44. The fourth-order valence-electron chi connectivity index (χ4n) is 5.23. The van der Waals surface area contributed by atoms with Gasteiger partial charge < -0.3 is 33.2 Å². The molecular weight excluding hydrogens is 448 g/mol. The second-order valence-corrected chi connectivity index (χ2v) is 11.3. The van der Waals surface area contributed by atoms with Gasteiger partial charge in [-0.3, -0.25) is 0 Å². The monoisotopic (exact) mass is 500 g/mol. The second-order valence-electron chi connectivity index (χ2n) is 11.3. The molecule has 3 aliphatic heterocycles. The van der Waals surface area contributed by atoms with E-state index in [1.54, 1.807) is 0 Å². The van der Waals surface area contributed by atoms with Crippen molar-refractivity contribution in [1.82, 2.24) is 0 Å². The van der Waals surface area contributed by atoms with E-state index in [2.05, 4.69) is 6.92 Å². The van der Waals surface area contributed by atoms with Crippen LogP contribution in [0.2, 0.25) is 0 Å². The van der Waals surface area contributed by atoms with Gasteiger partial charge in [-0.05, 0) is 47.0 Å². The average Bonchev–Trinajstić information content (AvgIpc) is 3.29. The van der Waals surface area contributed by atoms with Crippen LogP contribution in [-0.2, 0) is 33.2 Å². The first-order valence-corrected chi connectivity index (χ1v) is 14.3. The largest absolute Gasteiger partial charge is 0.381 e. The molecule has 7 heteroatoms. The molecular formula is C28H52O7. The first-order valence-electron chi connectivity index (χ1n) is 14.3. The zero-order valence-corrected chi connectivity index (χ0v) is 23.1. The van der Waals surface area contributed by atoms with E-state index in [1.165, 1.54) is 64.2 Å². The summed E-state index contributed by atoms with van der Waals surface area (Å²) in [5, 5.41) is 0. The molecule has 3 fully saturated rings. The van der Waals surface area contributed by atoms with Crippen LogP contribution in [-0.4, -0.2) is 68.7 Å². The Morgan fingerprint density at radius 1 is 0.543 bits per heavy atom. The van der Waals surface area contributed by atoms with E-state index in [4.69, 9.17) is 33.2 Å². The maximum Gasteiger partial charge on any atom is 0.190 e. The van der Waals surface area contributed by atoms with Gasteiger partial charge in [0.1, 0.15) is 24.4 Å². The normalized spacial score (nSPS) is 30.9. The number of ether oxygens (including phenoxy) is 7. The van der Waals surface area contributed by atoms with E-state index in [0.29, 0.717) is 13.2 Å². The molecule has 0 aromatic carbocycles. The molecule has 0 aromatic heterocycles. The third-order valence-electron chi connectivity index (χ3n) is 7.00. The molecule has 3 saturated heterocycles. The molecule has 35 heavy (non-hydrogen) atoms. The van der Waals surface area contributed by atoms with Crippen LogP contribution in [0, 0.1) is 0 Å². The van der Waals surface area contributed by atoms with Crippen molar-refractivity contribution in [2.24, 2.45) is 0 Å². The van der Waals surface area contributed by atoms with E-state index in [9.17, 15) is 0 Å². The summed E-state index contributed by atoms with van der Waals surface area (Å²) >= 11 is 0. The van der Waals surface area contributed by atoms with Gasteiger partial charge in [0.25, 0.3) is 0 Å². The van der Waals surface area contributed by atoms with E-state index < -0.39 is 17.9 Å². The van der Waals surface area contributed by atoms with Gasteiger partial charge in [0.05, 0.1) is 6.61 Å². The molecule has 0 N–H and O–H groups in total. The molecule has 0 amide bonds. The summed E-state index contributed by atoms with van der Waals surface area (Å²) in [5.41, 5.74) is 0. The van der Waals surface area contributed by atoms with Gasteiger partial charge >= 0.3 is 0 Å². The smallest absolute Gasteiger partial charge is 0.190 e. The summed E-state index contributed by atoms with van der Waals surface area (Å²) < 4.78 is 42.2. The van der Waals surface area contributed by atoms with Crippen molar-refractivity contribution in [2.75, 3.05) is 26.4 Å². The lowest BCUT2D eigenvalue weighted by Gasteiger charge is -2.37. The summed E-state index contributed by atoms with van der Waals surface area (Å²) in [5.74, 6) is -1.37. The fraction of sp³-hybridized carbons (Fsp3) is 1.00. The maximum atomic E-state index is 6.18. The highest BCUT2D eigenvalue weighted by molar-refractivity contribution is 5.00. The molecule has 0 aromatic rings. The summed E-state index contributed by atoms with van der Waals surface area (Å²) in [6.07, 6.45) is 14.1. The van der Waals surface area contributed by atoms with Crippen LogP contribution < -0.4 is 0 Å². The van der Waals surface area contributed by atoms with Gasteiger partial charge in [-0.15, -0.1) is 0 Å². The zero-order chi connectivity index (χ0) is 25.2. The van der Waals surface area contributed by atoms with E-state index in [-0.39, 0.29) is 24.4 Å². The number of unbranched alkanes of at least 4 members (excludes halogenated alkanes) is 10. The first kappa shape index (κ1) is 29.3. The first-order chi connectivity index (χ1) is 16.8. The highest BCUT2D eigenvalue weighted by Gasteiger charge is 2.60. The van der Waals surface area contributed by atoms with Crippen LogP contribution in [0.5, 0.6) is 0 Å². The molecule has 3 aliphatic rings. The minimum atomic E-state index is -0.695.